The van der Waals surface area contributed by atoms with Crippen molar-refractivity contribution in [3.63, 3.8) is 0 Å². The molecule has 0 fully saturated rings. The predicted molar refractivity (Wildman–Crippen MR) is 101 cm³/mol. The Balaban J connectivity index is 1.51. The number of carbonyl (C=O) groups is 1. The Morgan fingerprint density at radius 3 is 2.76 bits per heavy atom. The molecule has 3 aromatic rings. The average molecular weight is 352 g/mol. The molecule has 0 saturated heterocycles. The van der Waals surface area contributed by atoms with Crippen molar-refractivity contribution in [2.45, 2.75) is 12.7 Å². The van der Waals surface area contributed by atoms with Crippen LogP contribution in [0.3, 0.4) is 0 Å². The van der Waals surface area contributed by atoms with Crippen molar-refractivity contribution in [3.8, 4) is 11.4 Å². The van der Waals surface area contributed by atoms with Gasteiger partial charge in [0, 0.05) is 23.6 Å². The highest BCUT2D eigenvalue weighted by molar-refractivity contribution is 7.98. The summed E-state index contributed by atoms with van der Waals surface area (Å²) >= 11 is 1.82. The lowest BCUT2D eigenvalue weighted by Gasteiger charge is -2.09. The van der Waals surface area contributed by atoms with E-state index in [1.807, 2.05) is 30.0 Å². The first-order valence-corrected chi connectivity index (χ1v) is 9.26. The lowest BCUT2D eigenvalue weighted by atomic mass is 10.1. The Morgan fingerprint density at radius 1 is 1.16 bits per heavy atom. The van der Waals surface area contributed by atoms with Gasteiger partial charge in [-0.1, -0.05) is 42.5 Å². The zero-order chi connectivity index (χ0) is 17.5. The van der Waals surface area contributed by atoms with Gasteiger partial charge >= 0.3 is 0 Å². The van der Waals surface area contributed by atoms with Gasteiger partial charge in [0.05, 0.1) is 5.56 Å². The minimum atomic E-state index is -0.0940. The van der Waals surface area contributed by atoms with Crippen molar-refractivity contribution < 1.29 is 4.79 Å². The fraction of sp³-hybridized carbons (Fsp3) is 0.211. The molecule has 0 bridgehead atoms. The van der Waals surface area contributed by atoms with Gasteiger partial charge in [-0.2, -0.15) is 16.9 Å². The third-order valence-corrected chi connectivity index (χ3v) is 4.90. The van der Waals surface area contributed by atoms with Crippen LogP contribution in [0.25, 0.3) is 11.4 Å². The Kier molecular flexibility index (Phi) is 5.85. The van der Waals surface area contributed by atoms with Crippen LogP contribution in [0.5, 0.6) is 0 Å². The fourth-order valence-corrected chi connectivity index (χ4v) is 3.44. The molecule has 1 heterocycles. The second-order valence-corrected chi connectivity index (χ2v) is 6.72. The van der Waals surface area contributed by atoms with Crippen LogP contribution in [0.15, 0.2) is 54.9 Å². The standard InChI is InChI=1S/C19H20N4OS/c1-14-6-2-3-7-15(14)12-25-11-10-20-19(24)17-9-5-4-8-16(17)18-21-13-22-23-18/h2-9,13H,10-12H2,1H3,(H,20,24)(H,21,22,23). The van der Waals surface area contributed by atoms with Gasteiger partial charge in [-0.3, -0.25) is 9.89 Å². The summed E-state index contributed by atoms with van der Waals surface area (Å²) in [5, 5.41) is 9.63. The number of nitrogens with zero attached hydrogens (tertiary/aromatic N) is 2. The largest absolute Gasteiger partial charge is 0.351 e. The van der Waals surface area contributed by atoms with Crippen LogP contribution in [-0.4, -0.2) is 33.4 Å². The zero-order valence-corrected chi connectivity index (χ0v) is 14.8. The second-order valence-electron chi connectivity index (χ2n) is 5.61. The van der Waals surface area contributed by atoms with E-state index >= 15 is 0 Å². The molecule has 1 aromatic heterocycles. The topological polar surface area (TPSA) is 70.7 Å². The lowest BCUT2D eigenvalue weighted by molar-refractivity contribution is 0.0957. The maximum Gasteiger partial charge on any atom is 0.252 e. The van der Waals surface area contributed by atoms with Crippen molar-refractivity contribution in [3.05, 3.63) is 71.5 Å². The van der Waals surface area contributed by atoms with Crippen molar-refractivity contribution in [2.75, 3.05) is 12.3 Å². The van der Waals surface area contributed by atoms with E-state index in [0.717, 1.165) is 17.1 Å². The SMILES string of the molecule is Cc1ccccc1CSCCNC(=O)c1ccccc1-c1ncn[nH]1. The Bertz CT molecular complexity index is 833. The molecule has 128 valence electrons. The molecule has 0 aliphatic rings. The summed E-state index contributed by atoms with van der Waals surface area (Å²) in [6.07, 6.45) is 1.44. The molecule has 0 aliphatic heterocycles. The van der Waals surface area contributed by atoms with Crippen molar-refractivity contribution >= 4 is 17.7 Å². The highest BCUT2D eigenvalue weighted by atomic mass is 32.2. The van der Waals surface area contributed by atoms with Crippen LogP contribution in [0, 0.1) is 6.92 Å². The van der Waals surface area contributed by atoms with Crippen LogP contribution in [0.2, 0.25) is 0 Å². The number of thioether (sulfide) groups is 1. The molecule has 5 nitrogen and oxygen atoms in total. The number of aromatic nitrogens is 3. The Hall–Kier alpha value is -2.60. The minimum Gasteiger partial charge on any atom is -0.351 e. The molecule has 0 radical (unpaired) electrons. The Morgan fingerprint density at radius 2 is 1.96 bits per heavy atom. The predicted octanol–water partition coefficient (Wildman–Crippen LogP) is 3.44. The van der Waals surface area contributed by atoms with E-state index in [4.69, 9.17) is 0 Å². The summed E-state index contributed by atoms with van der Waals surface area (Å²) in [6, 6.07) is 15.8. The summed E-state index contributed by atoms with van der Waals surface area (Å²) in [5.41, 5.74) is 4.00. The van der Waals surface area contributed by atoms with Gasteiger partial charge in [-0.15, -0.1) is 0 Å². The third kappa shape index (κ3) is 4.48. The van der Waals surface area contributed by atoms with Crippen LogP contribution < -0.4 is 5.32 Å². The number of nitrogens with one attached hydrogen (secondary N) is 2. The summed E-state index contributed by atoms with van der Waals surface area (Å²) in [4.78, 5) is 16.6. The first-order valence-electron chi connectivity index (χ1n) is 8.11. The number of aromatic amines is 1. The van der Waals surface area contributed by atoms with Gasteiger partial charge < -0.3 is 5.32 Å². The van der Waals surface area contributed by atoms with Crippen molar-refractivity contribution in [2.24, 2.45) is 0 Å². The van der Waals surface area contributed by atoms with Crippen LogP contribution in [-0.2, 0) is 5.75 Å². The average Bonchev–Trinajstić information content (AvgIpc) is 3.17. The maximum absolute atomic E-state index is 12.5. The molecule has 0 aliphatic carbocycles. The van der Waals surface area contributed by atoms with E-state index in [0.29, 0.717) is 17.9 Å². The van der Waals surface area contributed by atoms with Gasteiger partial charge in [-0.25, -0.2) is 4.98 Å². The van der Waals surface area contributed by atoms with Gasteiger partial charge in [0.15, 0.2) is 5.82 Å². The van der Waals surface area contributed by atoms with Gasteiger partial charge in [-0.05, 0) is 24.1 Å². The van der Waals surface area contributed by atoms with Gasteiger partial charge in [0.25, 0.3) is 5.91 Å². The zero-order valence-electron chi connectivity index (χ0n) is 14.0. The molecule has 6 heteroatoms. The number of H-pyrrole nitrogens is 1. The Labute approximate surface area is 151 Å². The number of amides is 1. The first-order chi connectivity index (χ1) is 12.3. The molecule has 0 unspecified atom stereocenters. The quantitative estimate of drug-likeness (QED) is 0.639. The third-order valence-electron chi connectivity index (χ3n) is 3.89. The molecule has 0 saturated carbocycles. The fourth-order valence-electron chi connectivity index (χ4n) is 2.51. The second kappa shape index (κ2) is 8.48. The van der Waals surface area contributed by atoms with E-state index in [9.17, 15) is 4.79 Å². The molecular formula is C19H20N4OS. The first kappa shape index (κ1) is 17.2. The number of hydrogen-bond acceptors (Lipinski definition) is 4. The van der Waals surface area contributed by atoms with E-state index in [2.05, 4.69) is 51.7 Å². The molecule has 3 rings (SSSR count). The summed E-state index contributed by atoms with van der Waals surface area (Å²) in [5.74, 6) is 2.32. The molecule has 1 amide bonds. The summed E-state index contributed by atoms with van der Waals surface area (Å²) < 4.78 is 0. The maximum atomic E-state index is 12.5. The molecular weight excluding hydrogens is 332 g/mol. The molecule has 0 spiro atoms. The molecule has 2 aromatic carbocycles. The summed E-state index contributed by atoms with van der Waals surface area (Å²) in [7, 11) is 0. The smallest absolute Gasteiger partial charge is 0.252 e. The van der Waals surface area contributed by atoms with Crippen LogP contribution in [0.1, 0.15) is 21.5 Å². The number of aryl methyl sites for hydroxylation is 1. The monoisotopic (exact) mass is 352 g/mol. The normalized spacial score (nSPS) is 10.6. The number of carbonyl (C=O) groups excluding carboxylic acids is 1. The number of rotatable bonds is 7. The highest BCUT2D eigenvalue weighted by Crippen LogP contribution is 2.19. The van der Waals surface area contributed by atoms with Crippen LogP contribution >= 0.6 is 11.8 Å². The van der Waals surface area contributed by atoms with E-state index in [1.165, 1.54) is 17.5 Å². The van der Waals surface area contributed by atoms with Crippen LogP contribution in [0.4, 0.5) is 0 Å². The van der Waals surface area contributed by atoms with E-state index in [-0.39, 0.29) is 5.91 Å². The number of hydrogen-bond donors (Lipinski definition) is 2. The van der Waals surface area contributed by atoms with E-state index < -0.39 is 0 Å². The van der Waals surface area contributed by atoms with Gasteiger partial charge in [0.2, 0.25) is 0 Å². The lowest BCUT2D eigenvalue weighted by Crippen LogP contribution is -2.26. The van der Waals surface area contributed by atoms with Crippen molar-refractivity contribution in [1.29, 1.82) is 0 Å². The number of benzene rings is 2. The minimum absolute atomic E-state index is 0.0940. The van der Waals surface area contributed by atoms with Gasteiger partial charge in [0.1, 0.15) is 6.33 Å². The summed E-state index contributed by atoms with van der Waals surface area (Å²) in [6.45, 7) is 2.75. The highest BCUT2D eigenvalue weighted by Gasteiger charge is 2.13. The van der Waals surface area contributed by atoms with E-state index in [1.54, 1.807) is 6.07 Å². The van der Waals surface area contributed by atoms with Crippen molar-refractivity contribution in [1.82, 2.24) is 20.5 Å². The molecule has 0 atom stereocenters. The molecule has 25 heavy (non-hydrogen) atoms. The molecule has 2 N–H and O–H groups in total.